The fourth-order valence-electron chi connectivity index (χ4n) is 0. The van der Waals surface area contributed by atoms with E-state index in [1.165, 1.54) is 0 Å². The molecule has 0 aromatic carbocycles. The number of halogens is 1. The highest BCUT2D eigenvalue weighted by atomic mass is 79.9. The monoisotopic (exact) mass is 166 g/mol. The van der Waals surface area contributed by atoms with Gasteiger partial charge in [-0.2, -0.15) is 0 Å². The largest absolute Gasteiger partial charge is 0.397 e. The zero-order chi connectivity index (χ0) is 6.12. The summed E-state index contributed by atoms with van der Waals surface area (Å²) in [5, 5.41) is 8.47. The van der Waals surface area contributed by atoms with Crippen molar-refractivity contribution in [2.75, 3.05) is 11.9 Å². The maximum atomic E-state index is 7.57. The van der Waals surface area contributed by atoms with Gasteiger partial charge in [-0.1, -0.05) is 22.0 Å². The van der Waals surface area contributed by atoms with Gasteiger partial charge in [0, 0.05) is 11.9 Å². The van der Waals surface area contributed by atoms with Crippen LogP contribution in [0.2, 0.25) is 0 Å². The highest BCUT2D eigenvalue weighted by molar-refractivity contribution is 9.09. The Morgan fingerprint density at radius 3 is 2.00 bits per heavy atom. The minimum atomic E-state index is 0.250. The Balaban J connectivity index is 0. The molecule has 7 heavy (non-hydrogen) atoms. The van der Waals surface area contributed by atoms with Gasteiger partial charge in [0.25, 0.3) is 0 Å². The van der Waals surface area contributed by atoms with Crippen molar-refractivity contribution in [1.82, 2.24) is 0 Å². The van der Waals surface area contributed by atoms with Crippen LogP contribution in [0.5, 0.6) is 0 Å². The molecule has 1 nitrogen and oxygen atoms in total. The van der Waals surface area contributed by atoms with Gasteiger partial charge in [-0.3, -0.25) is 0 Å². The topological polar surface area (TPSA) is 20.2 Å². The molecular formula is C5H11BrO. The molecule has 0 aromatic rings. The third-order valence-electron chi connectivity index (χ3n) is 0.109. The number of aliphatic hydroxyl groups excluding tert-OH is 1. The molecule has 0 amide bonds. The second-order valence-electron chi connectivity index (χ2n) is 0.759. The summed E-state index contributed by atoms with van der Waals surface area (Å²) in [5.41, 5.74) is 0. The van der Waals surface area contributed by atoms with E-state index in [9.17, 15) is 0 Å². The summed E-state index contributed by atoms with van der Waals surface area (Å²) in [7, 11) is 0. The molecule has 0 saturated carbocycles. The van der Waals surface area contributed by atoms with Crippen LogP contribution in [0.4, 0.5) is 0 Å². The van der Waals surface area contributed by atoms with Gasteiger partial charge in [-0.25, -0.2) is 0 Å². The zero-order valence-corrected chi connectivity index (χ0v) is 6.11. The molecule has 0 aliphatic carbocycles. The second kappa shape index (κ2) is 16.4. The Kier molecular flexibility index (Phi) is 23.9. The van der Waals surface area contributed by atoms with E-state index in [2.05, 4.69) is 22.5 Å². The molecule has 1 N–H and O–H groups in total. The first-order valence-corrected chi connectivity index (χ1v) is 3.23. The Labute approximate surface area is 53.2 Å². The van der Waals surface area contributed by atoms with Crippen molar-refractivity contribution >= 4 is 15.9 Å². The van der Waals surface area contributed by atoms with Crippen molar-refractivity contribution < 1.29 is 5.11 Å². The first-order chi connectivity index (χ1) is 3.33. The summed E-state index contributed by atoms with van der Waals surface area (Å²) >= 11 is 3.13. The first kappa shape index (κ1) is 10.2. The lowest BCUT2D eigenvalue weighted by molar-refractivity contribution is 0.318. The van der Waals surface area contributed by atoms with Gasteiger partial charge in [-0.05, 0) is 6.92 Å². The standard InChI is InChI=1S/C3H5Br.C2H6O/c1-2-3-4;1-2-3/h2H,1,3H2;3H,2H2,1H3. The number of alkyl halides is 1. The number of rotatable bonds is 1. The van der Waals surface area contributed by atoms with Gasteiger partial charge in [0.05, 0.1) is 0 Å². The van der Waals surface area contributed by atoms with Gasteiger partial charge < -0.3 is 5.11 Å². The molecule has 0 unspecified atom stereocenters. The number of allylic oxidation sites excluding steroid dienone is 1. The molecule has 0 aromatic heterocycles. The van der Waals surface area contributed by atoms with E-state index >= 15 is 0 Å². The maximum Gasteiger partial charge on any atom is 0.0402 e. The summed E-state index contributed by atoms with van der Waals surface area (Å²) in [6.45, 7) is 5.36. The van der Waals surface area contributed by atoms with Crippen LogP contribution in [0, 0.1) is 0 Å². The van der Waals surface area contributed by atoms with Crippen LogP contribution in [-0.2, 0) is 0 Å². The lowest BCUT2D eigenvalue weighted by atomic mass is 10.8. The first-order valence-electron chi connectivity index (χ1n) is 2.11. The predicted molar refractivity (Wildman–Crippen MR) is 36.8 cm³/mol. The van der Waals surface area contributed by atoms with Crippen molar-refractivity contribution in [2.45, 2.75) is 6.92 Å². The van der Waals surface area contributed by atoms with E-state index in [1.807, 2.05) is 0 Å². The molecule has 0 aliphatic heterocycles. The molecule has 0 atom stereocenters. The summed E-state index contributed by atoms with van der Waals surface area (Å²) in [6.07, 6.45) is 1.79. The minimum absolute atomic E-state index is 0.250. The Hall–Kier alpha value is 0.180. The van der Waals surface area contributed by atoms with E-state index in [0.29, 0.717) is 0 Å². The predicted octanol–water partition coefficient (Wildman–Crippen LogP) is 1.57. The van der Waals surface area contributed by atoms with E-state index in [0.717, 1.165) is 5.33 Å². The van der Waals surface area contributed by atoms with Crippen LogP contribution >= 0.6 is 15.9 Å². The molecule has 0 spiro atoms. The fourth-order valence-corrected chi connectivity index (χ4v) is 0. The van der Waals surface area contributed by atoms with Crippen LogP contribution in [0.1, 0.15) is 6.92 Å². The van der Waals surface area contributed by atoms with Crippen molar-refractivity contribution in [3.63, 3.8) is 0 Å². The van der Waals surface area contributed by atoms with Gasteiger partial charge in [0.1, 0.15) is 0 Å². The molecule has 0 bridgehead atoms. The van der Waals surface area contributed by atoms with E-state index in [4.69, 9.17) is 5.11 Å². The van der Waals surface area contributed by atoms with E-state index in [1.54, 1.807) is 13.0 Å². The van der Waals surface area contributed by atoms with Crippen molar-refractivity contribution in [1.29, 1.82) is 0 Å². The highest BCUT2D eigenvalue weighted by Crippen LogP contribution is 1.73. The number of hydrogen-bond acceptors (Lipinski definition) is 1. The van der Waals surface area contributed by atoms with Gasteiger partial charge in [0.2, 0.25) is 0 Å². The third-order valence-corrected chi connectivity index (χ3v) is 0.567. The molecule has 0 rings (SSSR count). The van der Waals surface area contributed by atoms with E-state index in [-0.39, 0.29) is 6.61 Å². The van der Waals surface area contributed by atoms with Crippen LogP contribution in [-0.4, -0.2) is 17.0 Å². The molecule has 0 saturated heterocycles. The normalized spacial score (nSPS) is 6.14. The Bertz CT molecular complexity index is 29.3. The number of aliphatic hydroxyl groups is 1. The van der Waals surface area contributed by atoms with Gasteiger partial charge in [0.15, 0.2) is 0 Å². The molecule has 0 radical (unpaired) electrons. The summed E-state index contributed by atoms with van der Waals surface area (Å²) in [4.78, 5) is 0. The second-order valence-corrected chi connectivity index (χ2v) is 1.41. The quantitative estimate of drug-likeness (QED) is 0.464. The van der Waals surface area contributed by atoms with Crippen LogP contribution in [0.3, 0.4) is 0 Å². The third kappa shape index (κ3) is 77.5. The SMILES string of the molecule is C=CCBr.CCO. The van der Waals surface area contributed by atoms with E-state index < -0.39 is 0 Å². The minimum Gasteiger partial charge on any atom is -0.397 e. The Morgan fingerprint density at radius 1 is 1.86 bits per heavy atom. The molecule has 2 heteroatoms. The van der Waals surface area contributed by atoms with Crippen LogP contribution < -0.4 is 0 Å². The fraction of sp³-hybridized carbons (Fsp3) is 0.600. The van der Waals surface area contributed by atoms with Gasteiger partial charge >= 0.3 is 0 Å². The van der Waals surface area contributed by atoms with Crippen molar-refractivity contribution in [2.24, 2.45) is 0 Å². The zero-order valence-electron chi connectivity index (χ0n) is 4.52. The molecule has 0 fully saturated rings. The average molecular weight is 167 g/mol. The average Bonchev–Trinajstić information content (AvgIpc) is 1.69. The smallest absolute Gasteiger partial charge is 0.0402 e. The molecular weight excluding hydrogens is 156 g/mol. The summed E-state index contributed by atoms with van der Waals surface area (Å²) in [5.74, 6) is 0. The Morgan fingerprint density at radius 2 is 2.00 bits per heavy atom. The van der Waals surface area contributed by atoms with Gasteiger partial charge in [-0.15, -0.1) is 6.58 Å². The van der Waals surface area contributed by atoms with Crippen molar-refractivity contribution in [3.05, 3.63) is 12.7 Å². The van der Waals surface area contributed by atoms with Crippen molar-refractivity contribution in [3.8, 4) is 0 Å². The molecule has 0 aliphatic rings. The number of hydrogen-bond donors (Lipinski definition) is 1. The van der Waals surface area contributed by atoms with Crippen LogP contribution in [0.25, 0.3) is 0 Å². The van der Waals surface area contributed by atoms with Crippen LogP contribution in [0.15, 0.2) is 12.7 Å². The molecule has 44 valence electrons. The lowest BCUT2D eigenvalue weighted by Gasteiger charge is -1.55. The summed E-state index contributed by atoms with van der Waals surface area (Å²) < 4.78 is 0. The highest BCUT2D eigenvalue weighted by Gasteiger charge is 1.47. The molecule has 0 heterocycles. The maximum absolute atomic E-state index is 7.57. The lowest BCUT2D eigenvalue weighted by Crippen LogP contribution is -1.57. The summed E-state index contributed by atoms with van der Waals surface area (Å²) in [6, 6.07) is 0.